The Morgan fingerprint density at radius 1 is 1.12 bits per heavy atom. The lowest BCUT2D eigenvalue weighted by molar-refractivity contribution is -0.122. The molecule has 0 bridgehead atoms. The Balaban J connectivity index is 1.84. The first kappa shape index (κ1) is 30.6. The smallest absolute Gasteiger partial charge is 0.325 e. The molecule has 1 aliphatic rings. The number of fused-ring (bicyclic) bond motifs is 3. The fraction of sp³-hybridized carbons (Fsp3) is 0.500. The van der Waals surface area contributed by atoms with Gasteiger partial charge >= 0.3 is 7.60 Å². The summed E-state index contributed by atoms with van der Waals surface area (Å²) in [5.41, 5.74) is 7.83. The average Bonchev–Trinajstić information content (AvgIpc) is 3.26. The van der Waals surface area contributed by atoms with E-state index in [9.17, 15) is 19.1 Å². The Hall–Kier alpha value is -2.35. The molecule has 3 aromatic rings. The van der Waals surface area contributed by atoms with Crippen LogP contribution in [0.2, 0.25) is 5.02 Å². The third-order valence-electron chi connectivity index (χ3n) is 7.77. The number of nitrogens with two attached hydrogens (primary N) is 1. The second-order valence-corrected chi connectivity index (χ2v) is 12.9. The van der Waals surface area contributed by atoms with E-state index in [0.29, 0.717) is 23.7 Å². The molecule has 0 radical (unpaired) electrons. The van der Waals surface area contributed by atoms with Crippen LogP contribution >= 0.6 is 19.2 Å². The van der Waals surface area contributed by atoms with E-state index in [2.05, 4.69) is 23.0 Å². The molecular weight excluding hydrogens is 549 g/mol. The van der Waals surface area contributed by atoms with Crippen molar-refractivity contribution < 1.29 is 23.9 Å². The molecule has 10 heteroatoms. The molecule has 0 saturated heterocycles. The number of ether oxygens (including phenoxy) is 1. The number of carbonyl (C=O) groups is 1. The predicted molar refractivity (Wildman–Crippen MR) is 160 cm³/mol. The number of hydrazine groups is 1. The summed E-state index contributed by atoms with van der Waals surface area (Å²) in [5.74, 6) is 5.65. The quantitative estimate of drug-likeness (QED) is 0.0582. The Morgan fingerprint density at radius 3 is 2.58 bits per heavy atom. The van der Waals surface area contributed by atoms with E-state index in [4.69, 9.17) is 22.2 Å². The van der Waals surface area contributed by atoms with Gasteiger partial charge in [-0.3, -0.25) is 14.8 Å². The number of hydrogen-bond donors (Lipinski definition) is 4. The largest absolute Gasteiger partial charge is 0.493 e. The second kappa shape index (κ2) is 14.0. The molecule has 1 amide bonds. The van der Waals surface area contributed by atoms with Crippen molar-refractivity contribution in [2.24, 2.45) is 5.84 Å². The molecular formula is C30H41ClN3O5P. The molecule has 8 nitrogen and oxygen atoms in total. The van der Waals surface area contributed by atoms with Crippen LogP contribution in [-0.4, -0.2) is 33.0 Å². The van der Waals surface area contributed by atoms with Crippen molar-refractivity contribution in [3.63, 3.8) is 0 Å². The topological polar surface area (TPSA) is 127 Å². The van der Waals surface area contributed by atoms with Gasteiger partial charge in [0.25, 0.3) is 0 Å². The van der Waals surface area contributed by atoms with E-state index in [1.807, 2.05) is 30.3 Å². The number of unbranched alkanes of at least 4 members (excludes halogenated alkanes) is 4. The Kier molecular flexibility index (Phi) is 10.7. The molecule has 4 rings (SSSR count). The number of carbonyl (C=O) groups excluding carboxylic acids is 1. The number of halogens is 1. The number of nitrogens with one attached hydrogen (secondary N) is 1. The Bertz CT molecular complexity index is 1350. The summed E-state index contributed by atoms with van der Waals surface area (Å²) in [5, 5.41) is 1.60. The van der Waals surface area contributed by atoms with Crippen LogP contribution in [0.4, 0.5) is 0 Å². The van der Waals surface area contributed by atoms with E-state index < -0.39 is 13.5 Å². The van der Waals surface area contributed by atoms with Crippen LogP contribution in [0.25, 0.3) is 10.9 Å². The van der Waals surface area contributed by atoms with Crippen LogP contribution in [0, 0.1) is 0 Å². The number of benzene rings is 2. The highest BCUT2D eigenvalue weighted by Gasteiger charge is 2.34. The first-order valence-corrected chi connectivity index (χ1v) is 16.5. The summed E-state index contributed by atoms with van der Waals surface area (Å²) in [4.78, 5) is 31.6. The van der Waals surface area contributed by atoms with Gasteiger partial charge in [0.1, 0.15) is 5.75 Å². The molecule has 1 unspecified atom stereocenters. The van der Waals surface area contributed by atoms with Gasteiger partial charge in [-0.25, -0.2) is 5.84 Å². The van der Waals surface area contributed by atoms with E-state index in [1.165, 1.54) is 24.8 Å². The third-order valence-corrected chi connectivity index (χ3v) is 8.92. The highest BCUT2D eigenvalue weighted by molar-refractivity contribution is 7.51. The lowest BCUT2D eigenvalue weighted by Gasteiger charge is -2.23. The van der Waals surface area contributed by atoms with Crippen molar-refractivity contribution in [2.45, 2.75) is 83.6 Å². The lowest BCUT2D eigenvalue weighted by Crippen LogP contribution is -2.36. The zero-order valence-corrected chi connectivity index (χ0v) is 24.9. The van der Waals surface area contributed by atoms with Crippen molar-refractivity contribution in [2.75, 3.05) is 12.8 Å². The van der Waals surface area contributed by atoms with Crippen LogP contribution in [-0.2, 0) is 28.7 Å². The number of aryl methyl sites for hydroxylation is 1. The molecule has 5 N–H and O–H groups in total. The molecule has 0 saturated carbocycles. The maximum absolute atomic E-state index is 13.0. The maximum Gasteiger partial charge on any atom is 0.325 e. The predicted octanol–water partition coefficient (Wildman–Crippen LogP) is 6.21. The van der Waals surface area contributed by atoms with Crippen molar-refractivity contribution in [3.8, 4) is 5.75 Å². The van der Waals surface area contributed by atoms with Gasteiger partial charge in [-0.1, -0.05) is 62.4 Å². The maximum atomic E-state index is 13.0. The number of nitrogens with zero attached hydrogens (tertiary/aromatic N) is 1. The average molecular weight is 590 g/mol. The molecule has 40 heavy (non-hydrogen) atoms. The standard InChI is InChI=1S/C30H41ClN3O5P/c1-2-3-4-5-6-9-22-14-17-26(39-18-8-19-40(36,37)38)28-27-24(30(35)33-32)10-7-11-25(27)34(29(22)28)20-21-12-15-23(31)16-13-21/h12-17,24H,2-11,18-20,32H2,1H3,(H,33,35)(H2,36,37,38). The Labute approximate surface area is 241 Å². The van der Waals surface area contributed by atoms with E-state index in [1.54, 1.807) is 0 Å². The summed E-state index contributed by atoms with van der Waals surface area (Å²) in [6.45, 7) is 3.01. The van der Waals surface area contributed by atoms with Gasteiger partial charge < -0.3 is 19.1 Å². The fourth-order valence-corrected chi connectivity index (χ4v) is 6.54. The van der Waals surface area contributed by atoms with Crippen LogP contribution in [0.3, 0.4) is 0 Å². The summed E-state index contributed by atoms with van der Waals surface area (Å²) < 4.78 is 19.9. The van der Waals surface area contributed by atoms with Crippen LogP contribution in [0.15, 0.2) is 36.4 Å². The lowest BCUT2D eigenvalue weighted by atomic mass is 9.84. The zero-order chi connectivity index (χ0) is 28.7. The molecule has 2 aromatic carbocycles. The van der Waals surface area contributed by atoms with Crippen LogP contribution < -0.4 is 16.0 Å². The number of aromatic nitrogens is 1. The van der Waals surface area contributed by atoms with E-state index in [0.717, 1.165) is 59.8 Å². The molecule has 1 aliphatic carbocycles. The minimum Gasteiger partial charge on any atom is -0.493 e. The molecule has 218 valence electrons. The molecule has 0 spiro atoms. The minimum absolute atomic E-state index is 0.168. The van der Waals surface area contributed by atoms with Crippen molar-refractivity contribution in [1.82, 2.24) is 9.99 Å². The second-order valence-electron chi connectivity index (χ2n) is 10.7. The van der Waals surface area contributed by atoms with Gasteiger partial charge in [0, 0.05) is 22.6 Å². The number of rotatable bonds is 14. The number of hydrogen-bond acceptors (Lipinski definition) is 4. The van der Waals surface area contributed by atoms with Gasteiger partial charge in [0.15, 0.2) is 0 Å². The van der Waals surface area contributed by atoms with Crippen molar-refractivity contribution in [3.05, 3.63) is 63.8 Å². The van der Waals surface area contributed by atoms with Gasteiger partial charge in [-0.15, -0.1) is 0 Å². The van der Waals surface area contributed by atoms with Crippen LogP contribution in [0.5, 0.6) is 5.75 Å². The Morgan fingerprint density at radius 2 is 1.88 bits per heavy atom. The van der Waals surface area contributed by atoms with Gasteiger partial charge in [0.05, 0.1) is 24.2 Å². The van der Waals surface area contributed by atoms with Gasteiger partial charge in [-0.05, 0) is 73.4 Å². The summed E-state index contributed by atoms with van der Waals surface area (Å²) in [7, 11) is -4.11. The summed E-state index contributed by atoms with van der Waals surface area (Å²) in [6, 6.07) is 11.9. The number of amides is 1. The van der Waals surface area contributed by atoms with E-state index >= 15 is 0 Å². The van der Waals surface area contributed by atoms with Crippen molar-refractivity contribution in [1.29, 1.82) is 0 Å². The zero-order valence-electron chi connectivity index (χ0n) is 23.2. The van der Waals surface area contributed by atoms with Gasteiger partial charge in [-0.2, -0.15) is 0 Å². The molecule has 0 aliphatic heterocycles. The highest BCUT2D eigenvalue weighted by atomic mass is 35.5. The van der Waals surface area contributed by atoms with Crippen LogP contribution in [0.1, 0.15) is 86.6 Å². The monoisotopic (exact) mass is 589 g/mol. The molecule has 1 atom stereocenters. The normalized spacial score (nSPS) is 15.3. The SMILES string of the molecule is CCCCCCCc1ccc(OCCCP(=O)(O)O)c2c3c(n(Cc4ccc(Cl)cc4)c12)CCCC3C(=O)NN. The summed E-state index contributed by atoms with van der Waals surface area (Å²) in [6.07, 6.45) is 9.16. The van der Waals surface area contributed by atoms with Gasteiger partial charge in [0.2, 0.25) is 5.91 Å². The molecule has 0 fully saturated rings. The van der Waals surface area contributed by atoms with E-state index in [-0.39, 0.29) is 25.1 Å². The summed E-state index contributed by atoms with van der Waals surface area (Å²) >= 11 is 6.17. The molecule has 1 aromatic heterocycles. The highest BCUT2D eigenvalue weighted by Crippen LogP contribution is 2.45. The minimum atomic E-state index is -4.11. The first-order valence-electron chi connectivity index (χ1n) is 14.3. The fourth-order valence-electron chi connectivity index (χ4n) is 5.88. The van der Waals surface area contributed by atoms with Crippen molar-refractivity contribution >= 4 is 36.0 Å². The third kappa shape index (κ3) is 7.48. The molecule has 1 heterocycles. The first-order chi connectivity index (χ1) is 19.2.